The first-order chi connectivity index (χ1) is 11.8. The Hall–Kier alpha value is -0.610. The van der Waals surface area contributed by atoms with Crippen LogP contribution in [0.15, 0.2) is 18.2 Å². The predicted molar refractivity (Wildman–Crippen MR) is 104 cm³/mol. The van der Waals surface area contributed by atoms with Crippen LogP contribution in [0.3, 0.4) is 0 Å². The molecule has 4 atom stereocenters. The van der Waals surface area contributed by atoms with Gasteiger partial charge < -0.3 is 0 Å². The molecule has 138 valence electrons. The van der Waals surface area contributed by atoms with Gasteiger partial charge in [0.25, 0.3) is 0 Å². The standard InChI is InChI=1S/C20H28Cl2N2O/c1-20(18(25)11-13-8-9-16(21)17(22)10-13)15-7-5-4-6-14(15)12-19(23-20)24(2)3/h8-10,14-15,19,23H,4-7,11-12H2,1-3H3. The van der Waals surface area contributed by atoms with E-state index in [0.29, 0.717) is 28.3 Å². The first-order valence-corrected chi connectivity index (χ1v) is 9.98. The van der Waals surface area contributed by atoms with Gasteiger partial charge in [0, 0.05) is 6.42 Å². The Morgan fingerprint density at radius 2 is 1.96 bits per heavy atom. The summed E-state index contributed by atoms with van der Waals surface area (Å²) in [6.07, 6.45) is 6.68. The van der Waals surface area contributed by atoms with Crippen LogP contribution in [0.4, 0.5) is 0 Å². The van der Waals surface area contributed by atoms with Gasteiger partial charge in [-0.05, 0) is 69.8 Å². The number of rotatable bonds is 4. The van der Waals surface area contributed by atoms with Gasteiger partial charge in [-0.1, -0.05) is 42.1 Å². The average molecular weight is 383 g/mol. The fourth-order valence-corrected chi connectivity index (χ4v) is 5.02. The van der Waals surface area contributed by atoms with E-state index in [9.17, 15) is 4.79 Å². The summed E-state index contributed by atoms with van der Waals surface area (Å²) >= 11 is 12.1. The highest BCUT2D eigenvalue weighted by Gasteiger charge is 2.50. The lowest BCUT2D eigenvalue weighted by molar-refractivity contribution is -0.132. The molecule has 1 aromatic carbocycles. The fraction of sp³-hybridized carbons (Fsp3) is 0.650. The minimum Gasteiger partial charge on any atom is -0.297 e. The van der Waals surface area contributed by atoms with Crippen molar-refractivity contribution in [3.63, 3.8) is 0 Å². The van der Waals surface area contributed by atoms with Gasteiger partial charge in [-0.15, -0.1) is 0 Å². The largest absolute Gasteiger partial charge is 0.297 e. The van der Waals surface area contributed by atoms with Gasteiger partial charge in [0.15, 0.2) is 5.78 Å². The second kappa shape index (κ2) is 7.56. The average Bonchev–Trinajstić information content (AvgIpc) is 2.58. The topological polar surface area (TPSA) is 32.3 Å². The molecule has 1 saturated heterocycles. The smallest absolute Gasteiger partial charge is 0.157 e. The summed E-state index contributed by atoms with van der Waals surface area (Å²) in [4.78, 5) is 15.6. The molecule has 3 nitrogen and oxygen atoms in total. The van der Waals surface area contributed by atoms with Crippen molar-refractivity contribution < 1.29 is 4.79 Å². The van der Waals surface area contributed by atoms with Crippen molar-refractivity contribution in [2.75, 3.05) is 14.1 Å². The Kier molecular flexibility index (Phi) is 5.79. The quantitative estimate of drug-likeness (QED) is 0.828. The molecule has 1 aliphatic carbocycles. The molecule has 3 rings (SSSR count). The number of hydrogen-bond acceptors (Lipinski definition) is 3. The molecule has 25 heavy (non-hydrogen) atoms. The number of nitrogens with zero attached hydrogens (tertiary/aromatic N) is 1. The minimum absolute atomic E-state index is 0.252. The maximum atomic E-state index is 13.4. The summed E-state index contributed by atoms with van der Waals surface area (Å²) in [5, 5.41) is 4.73. The molecule has 1 aliphatic heterocycles. The van der Waals surface area contributed by atoms with Crippen LogP contribution in [0.25, 0.3) is 0 Å². The van der Waals surface area contributed by atoms with E-state index in [2.05, 4.69) is 31.2 Å². The molecule has 1 heterocycles. The Morgan fingerprint density at radius 3 is 2.64 bits per heavy atom. The van der Waals surface area contributed by atoms with Crippen LogP contribution < -0.4 is 5.32 Å². The molecule has 0 aromatic heterocycles. The van der Waals surface area contributed by atoms with Gasteiger partial charge in [-0.2, -0.15) is 0 Å². The lowest BCUT2D eigenvalue weighted by atomic mass is 9.63. The number of carbonyl (C=O) groups is 1. The number of nitrogens with one attached hydrogen (secondary N) is 1. The van der Waals surface area contributed by atoms with Crippen LogP contribution in [0, 0.1) is 11.8 Å². The number of ketones is 1. The molecule has 0 spiro atoms. The SMILES string of the molecule is CN(C)C1CC2CCCCC2C(C)(C(=O)Cc2ccc(Cl)c(Cl)c2)N1. The van der Waals surface area contributed by atoms with Crippen LogP contribution in [0.5, 0.6) is 0 Å². The summed E-state index contributed by atoms with van der Waals surface area (Å²) in [5.41, 5.74) is 0.450. The van der Waals surface area contributed by atoms with E-state index < -0.39 is 5.54 Å². The molecule has 0 radical (unpaired) electrons. The Balaban J connectivity index is 1.84. The van der Waals surface area contributed by atoms with Crippen molar-refractivity contribution in [2.45, 2.75) is 57.2 Å². The third-order valence-electron chi connectivity index (χ3n) is 6.19. The lowest BCUT2D eigenvalue weighted by Crippen LogP contribution is -2.67. The fourth-order valence-electron chi connectivity index (χ4n) is 4.69. The van der Waals surface area contributed by atoms with E-state index >= 15 is 0 Å². The molecule has 5 heteroatoms. The highest BCUT2D eigenvalue weighted by molar-refractivity contribution is 6.42. The number of piperidine rings is 1. The van der Waals surface area contributed by atoms with Crippen LogP contribution in [0.2, 0.25) is 10.0 Å². The number of halogens is 2. The second-order valence-electron chi connectivity index (χ2n) is 8.06. The van der Waals surface area contributed by atoms with E-state index in [1.165, 1.54) is 19.3 Å². The Bertz CT molecular complexity index is 649. The molecule has 2 aliphatic rings. The summed E-state index contributed by atoms with van der Waals surface area (Å²) in [7, 11) is 4.18. The zero-order valence-corrected chi connectivity index (χ0v) is 16.8. The second-order valence-corrected chi connectivity index (χ2v) is 8.88. The molecular formula is C20H28Cl2N2O. The number of Topliss-reactive ketones (excluding diaryl/α,β-unsaturated/α-hetero) is 1. The van der Waals surface area contributed by atoms with Crippen molar-refractivity contribution in [3.8, 4) is 0 Å². The molecule has 1 N–H and O–H groups in total. The molecule has 2 fully saturated rings. The van der Waals surface area contributed by atoms with E-state index in [-0.39, 0.29) is 11.9 Å². The molecule has 0 amide bonds. The van der Waals surface area contributed by atoms with E-state index in [1.807, 2.05) is 12.1 Å². The zero-order valence-electron chi connectivity index (χ0n) is 15.3. The van der Waals surface area contributed by atoms with Crippen molar-refractivity contribution in [1.82, 2.24) is 10.2 Å². The first-order valence-electron chi connectivity index (χ1n) is 9.22. The van der Waals surface area contributed by atoms with E-state index in [0.717, 1.165) is 18.4 Å². The monoisotopic (exact) mass is 382 g/mol. The Labute approximate surface area is 161 Å². The van der Waals surface area contributed by atoms with E-state index in [1.54, 1.807) is 6.07 Å². The van der Waals surface area contributed by atoms with Crippen molar-refractivity contribution in [1.29, 1.82) is 0 Å². The van der Waals surface area contributed by atoms with Crippen molar-refractivity contribution in [3.05, 3.63) is 33.8 Å². The number of fused-ring (bicyclic) bond motifs is 1. The van der Waals surface area contributed by atoms with Gasteiger partial charge >= 0.3 is 0 Å². The van der Waals surface area contributed by atoms with Crippen molar-refractivity contribution in [2.24, 2.45) is 11.8 Å². The van der Waals surface area contributed by atoms with E-state index in [4.69, 9.17) is 23.2 Å². The molecule has 0 bridgehead atoms. The third kappa shape index (κ3) is 3.90. The summed E-state index contributed by atoms with van der Waals surface area (Å²) in [6, 6.07) is 5.49. The maximum absolute atomic E-state index is 13.4. The van der Waals surface area contributed by atoms with Crippen LogP contribution in [-0.4, -0.2) is 36.5 Å². The van der Waals surface area contributed by atoms with Gasteiger partial charge in [-0.25, -0.2) is 0 Å². The van der Waals surface area contributed by atoms with Crippen LogP contribution in [-0.2, 0) is 11.2 Å². The summed E-state index contributed by atoms with van der Waals surface area (Å²) < 4.78 is 0. The number of carbonyl (C=O) groups excluding carboxylic acids is 1. The highest BCUT2D eigenvalue weighted by atomic mass is 35.5. The van der Waals surface area contributed by atoms with Gasteiger partial charge in [-0.3, -0.25) is 15.0 Å². The maximum Gasteiger partial charge on any atom is 0.157 e. The highest BCUT2D eigenvalue weighted by Crippen LogP contribution is 2.44. The lowest BCUT2D eigenvalue weighted by Gasteiger charge is -2.52. The normalized spacial score (nSPS) is 32.5. The molecular weight excluding hydrogens is 355 g/mol. The molecule has 1 saturated carbocycles. The Morgan fingerprint density at radius 1 is 1.24 bits per heavy atom. The van der Waals surface area contributed by atoms with Crippen LogP contribution >= 0.6 is 23.2 Å². The number of hydrogen-bond donors (Lipinski definition) is 1. The molecule has 1 aromatic rings. The third-order valence-corrected chi connectivity index (χ3v) is 6.93. The first kappa shape index (κ1) is 19.2. The van der Waals surface area contributed by atoms with Gasteiger partial charge in [0.1, 0.15) is 0 Å². The van der Waals surface area contributed by atoms with Crippen LogP contribution in [0.1, 0.15) is 44.6 Å². The van der Waals surface area contributed by atoms with Crippen molar-refractivity contribution >= 4 is 29.0 Å². The minimum atomic E-state index is -0.482. The van der Waals surface area contributed by atoms with Gasteiger partial charge in [0.05, 0.1) is 21.7 Å². The summed E-state index contributed by atoms with van der Waals surface area (Å²) in [5.74, 6) is 1.31. The van der Waals surface area contributed by atoms with Gasteiger partial charge in [0.2, 0.25) is 0 Å². The summed E-state index contributed by atoms with van der Waals surface area (Å²) in [6.45, 7) is 2.12. The number of benzene rings is 1. The predicted octanol–water partition coefficient (Wildman–Crippen LogP) is 4.55. The zero-order chi connectivity index (χ0) is 18.2. The molecule has 4 unspecified atom stereocenters.